The second-order valence-electron chi connectivity index (χ2n) is 6.97. The molecule has 1 unspecified atom stereocenters. The maximum atomic E-state index is 13.0. The Kier molecular flexibility index (Phi) is 9.83. The van der Waals surface area contributed by atoms with Gasteiger partial charge in [0.15, 0.2) is 0 Å². The molecular weight excluding hydrogens is 409 g/mol. The van der Waals surface area contributed by atoms with Crippen LogP contribution in [0.3, 0.4) is 0 Å². The highest BCUT2D eigenvalue weighted by Crippen LogP contribution is 2.29. The molecule has 5 nitrogen and oxygen atoms in total. The molecule has 154 valence electrons. The standard InChI is InChI=1S/C19H28ClN3O2.2ClH/c1-15(16-5-3-4-6-17(16)20)22-11-13-23(14-12-22)18(24)19(25-2)7-9-21-10-8-19;;/h3-6,15,21H,7-14H2,1-2H3;2*1H. The fourth-order valence-corrected chi connectivity index (χ4v) is 4.24. The van der Waals surface area contributed by atoms with Gasteiger partial charge in [-0.15, -0.1) is 24.8 Å². The summed E-state index contributed by atoms with van der Waals surface area (Å²) in [5.41, 5.74) is 0.512. The number of rotatable bonds is 4. The minimum absolute atomic E-state index is 0. The molecule has 2 aliphatic rings. The van der Waals surface area contributed by atoms with Crippen LogP contribution < -0.4 is 5.32 Å². The Labute approximate surface area is 179 Å². The van der Waals surface area contributed by atoms with Crippen LogP contribution >= 0.6 is 36.4 Å². The molecule has 0 aromatic heterocycles. The van der Waals surface area contributed by atoms with Gasteiger partial charge in [-0.25, -0.2) is 0 Å². The van der Waals surface area contributed by atoms with Gasteiger partial charge in [-0.1, -0.05) is 29.8 Å². The normalized spacial score (nSPS) is 20.9. The first-order chi connectivity index (χ1) is 12.1. The Morgan fingerprint density at radius 1 is 1.15 bits per heavy atom. The summed E-state index contributed by atoms with van der Waals surface area (Å²) in [7, 11) is 1.67. The number of carbonyl (C=O) groups is 1. The monoisotopic (exact) mass is 437 g/mol. The Bertz CT molecular complexity index is 604. The van der Waals surface area contributed by atoms with Crippen LogP contribution in [-0.4, -0.2) is 67.7 Å². The van der Waals surface area contributed by atoms with Gasteiger partial charge < -0.3 is 15.0 Å². The number of carbonyl (C=O) groups excluding carboxylic acids is 1. The van der Waals surface area contributed by atoms with Crippen LogP contribution in [0.15, 0.2) is 24.3 Å². The highest BCUT2D eigenvalue weighted by molar-refractivity contribution is 6.31. The lowest BCUT2D eigenvalue weighted by Gasteiger charge is -2.43. The molecule has 0 radical (unpaired) electrons. The van der Waals surface area contributed by atoms with E-state index in [4.69, 9.17) is 16.3 Å². The third kappa shape index (κ3) is 5.28. The van der Waals surface area contributed by atoms with Gasteiger partial charge >= 0.3 is 0 Å². The number of piperazine rings is 1. The number of hydrogen-bond acceptors (Lipinski definition) is 4. The quantitative estimate of drug-likeness (QED) is 0.784. The lowest BCUT2D eigenvalue weighted by atomic mass is 9.90. The zero-order valence-corrected chi connectivity index (χ0v) is 18.3. The summed E-state index contributed by atoms with van der Waals surface area (Å²) < 4.78 is 5.69. The van der Waals surface area contributed by atoms with Crippen molar-refractivity contribution in [3.63, 3.8) is 0 Å². The Morgan fingerprint density at radius 3 is 2.30 bits per heavy atom. The maximum absolute atomic E-state index is 13.0. The van der Waals surface area contributed by atoms with Crippen LogP contribution in [0.5, 0.6) is 0 Å². The number of halogens is 3. The third-order valence-corrected chi connectivity index (χ3v) is 6.04. The zero-order chi connectivity index (χ0) is 17.9. The number of benzene rings is 1. The number of ether oxygens (including phenoxy) is 1. The summed E-state index contributed by atoms with van der Waals surface area (Å²) in [5, 5.41) is 4.11. The van der Waals surface area contributed by atoms with Crippen molar-refractivity contribution in [2.75, 3.05) is 46.4 Å². The van der Waals surface area contributed by atoms with Crippen molar-refractivity contribution in [1.29, 1.82) is 0 Å². The summed E-state index contributed by atoms with van der Waals surface area (Å²) in [6.45, 7) is 7.05. The number of methoxy groups -OCH3 is 1. The van der Waals surface area contributed by atoms with Crippen LogP contribution in [-0.2, 0) is 9.53 Å². The molecule has 0 spiro atoms. The van der Waals surface area contributed by atoms with Gasteiger partial charge in [0.2, 0.25) is 0 Å². The molecule has 1 amide bonds. The number of hydrogen-bond donors (Lipinski definition) is 1. The lowest BCUT2D eigenvalue weighted by molar-refractivity contribution is -0.160. The summed E-state index contributed by atoms with van der Waals surface area (Å²) in [4.78, 5) is 17.4. The van der Waals surface area contributed by atoms with E-state index in [1.807, 2.05) is 23.1 Å². The van der Waals surface area contributed by atoms with E-state index >= 15 is 0 Å². The minimum Gasteiger partial charge on any atom is -0.368 e. The van der Waals surface area contributed by atoms with Crippen LogP contribution in [0.4, 0.5) is 0 Å². The third-order valence-electron chi connectivity index (χ3n) is 5.70. The zero-order valence-electron chi connectivity index (χ0n) is 15.9. The molecule has 1 atom stereocenters. The van der Waals surface area contributed by atoms with E-state index in [-0.39, 0.29) is 36.8 Å². The molecule has 2 fully saturated rings. The molecule has 1 N–H and O–H groups in total. The smallest absolute Gasteiger partial charge is 0.254 e. The highest BCUT2D eigenvalue weighted by atomic mass is 35.5. The van der Waals surface area contributed by atoms with Gasteiger partial charge in [0.25, 0.3) is 5.91 Å². The van der Waals surface area contributed by atoms with Crippen molar-refractivity contribution >= 4 is 42.3 Å². The van der Waals surface area contributed by atoms with Crippen molar-refractivity contribution in [3.05, 3.63) is 34.9 Å². The topological polar surface area (TPSA) is 44.8 Å². The van der Waals surface area contributed by atoms with Crippen molar-refractivity contribution in [2.45, 2.75) is 31.4 Å². The molecule has 0 bridgehead atoms. The molecule has 0 aliphatic carbocycles. The molecule has 8 heteroatoms. The molecule has 2 heterocycles. The number of piperidine rings is 1. The summed E-state index contributed by atoms with van der Waals surface area (Å²) >= 11 is 6.34. The van der Waals surface area contributed by atoms with E-state index in [2.05, 4.69) is 23.2 Å². The van der Waals surface area contributed by atoms with E-state index in [0.717, 1.165) is 62.7 Å². The average Bonchev–Trinajstić information content (AvgIpc) is 2.68. The average molecular weight is 439 g/mol. The minimum atomic E-state index is -0.637. The fraction of sp³-hybridized carbons (Fsp3) is 0.632. The highest BCUT2D eigenvalue weighted by Gasteiger charge is 2.43. The number of nitrogens with one attached hydrogen (secondary N) is 1. The van der Waals surface area contributed by atoms with Crippen molar-refractivity contribution in [3.8, 4) is 0 Å². The van der Waals surface area contributed by atoms with Crippen molar-refractivity contribution in [1.82, 2.24) is 15.1 Å². The van der Waals surface area contributed by atoms with E-state index in [1.54, 1.807) is 7.11 Å². The van der Waals surface area contributed by atoms with Gasteiger partial charge in [0.1, 0.15) is 5.60 Å². The molecule has 27 heavy (non-hydrogen) atoms. The molecule has 2 saturated heterocycles. The number of amides is 1. The van der Waals surface area contributed by atoms with E-state index in [9.17, 15) is 4.79 Å². The van der Waals surface area contributed by atoms with Crippen LogP contribution in [0.2, 0.25) is 5.02 Å². The molecule has 1 aromatic carbocycles. The fourth-order valence-electron chi connectivity index (χ4n) is 3.95. The largest absolute Gasteiger partial charge is 0.368 e. The molecule has 0 saturated carbocycles. The summed E-state index contributed by atoms with van der Waals surface area (Å²) in [6, 6.07) is 8.25. The predicted molar refractivity (Wildman–Crippen MR) is 114 cm³/mol. The van der Waals surface area contributed by atoms with E-state index < -0.39 is 5.60 Å². The van der Waals surface area contributed by atoms with Gasteiger partial charge in [0, 0.05) is 44.4 Å². The van der Waals surface area contributed by atoms with Crippen molar-refractivity contribution < 1.29 is 9.53 Å². The summed E-state index contributed by atoms with van der Waals surface area (Å²) in [6.07, 6.45) is 1.50. The van der Waals surface area contributed by atoms with Gasteiger partial charge in [0.05, 0.1) is 0 Å². The predicted octanol–water partition coefficient (Wildman–Crippen LogP) is 3.16. The Hall–Kier alpha value is -0.560. The van der Waals surface area contributed by atoms with Gasteiger partial charge in [-0.3, -0.25) is 9.69 Å². The second kappa shape index (κ2) is 10.8. The molecule has 1 aromatic rings. The molecular formula is C19H30Cl3N3O2. The number of nitrogens with zero attached hydrogens (tertiary/aromatic N) is 2. The van der Waals surface area contributed by atoms with Crippen LogP contribution in [0.1, 0.15) is 31.4 Å². The Morgan fingerprint density at radius 2 is 1.74 bits per heavy atom. The van der Waals surface area contributed by atoms with Crippen LogP contribution in [0, 0.1) is 0 Å². The first-order valence-electron chi connectivity index (χ1n) is 9.11. The molecule has 3 rings (SSSR count). The summed E-state index contributed by atoms with van der Waals surface area (Å²) in [5.74, 6) is 0.154. The maximum Gasteiger partial charge on any atom is 0.254 e. The Balaban J connectivity index is 0.00000182. The first-order valence-corrected chi connectivity index (χ1v) is 9.49. The van der Waals surface area contributed by atoms with Gasteiger partial charge in [-0.05, 0) is 44.5 Å². The second-order valence-corrected chi connectivity index (χ2v) is 7.38. The van der Waals surface area contributed by atoms with Crippen molar-refractivity contribution in [2.24, 2.45) is 0 Å². The first kappa shape index (κ1) is 24.5. The SMILES string of the molecule is COC1(C(=O)N2CCN(C(C)c3ccccc3Cl)CC2)CCNCC1.Cl.Cl. The van der Waals surface area contributed by atoms with Crippen LogP contribution in [0.25, 0.3) is 0 Å². The van der Waals surface area contributed by atoms with Gasteiger partial charge in [-0.2, -0.15) is 0 Å². The molecule has 2 aliphatic heterocycles. The van der Waals surface area contributed by atoms with E-state index in [0.29, 0.717) is 0 Å². The lowest BCUT2D eigenvalue weighted by Crippen LogP contribution is -2.59. The van der Waals surface area contributed by atoms with E-state index in [1.165, 1.54) is 0 Å².